The van der Waals surface area contributed by atoms with Crippen molar-refractivity contribution in [3.63, 3.8) is 0 Å². The molecule has 132 valence electrons. The van der Waals surface area contributed by atoms with E-state index in [0.29, 0.717) is 5.56 Å². The van der Waals surface area contributed by atoms with Gasteiger partial charge in [-0.3, -0.25) is 9.69 Å². The maximum atomic E-state index is 13.8. The highest BCUT2D eigenvalue weighted by molar-refractivity contribution is 5.94. The molecule has 0 aliphatic heterocycles. The summed E-state index contributed by atoms with van der Waals surface area (Å²) < 4.78 is 26.8. The number of hydrogen-bond acceptors (Lipinski definition) is 2. The van der Waals surface area contributed by atoms with Crippen LogP contribution in [0.3, 0.4) is 0 Å². The largest absolute Gasteiger partial charge is 0.325 e. The predicted octanol–water partition coefficient (Wildman–Crippen LogP) is 3.91. The number of nitrogens with zero attached hydrogens (tertiary/aromatic N) is 1. The maximum absolute atomic E-state index is 13.8. The second kappa shape index (κ2) is 7.31. The highest BCUT2D eigenvalue weighted by Gasteiger charge is 2.20. The summed E-state index contributed by atoms with van der Waals surface area (Å²) in [5, 5.41) is 2.93. The van der Waals surface area contributed by atoms with E-state index in [1.807, 2.05) is 12.1 Å². The van der Waals surface area contributed by atoms with Gasteiger partial charge in [-0.15, -0.1) is 0 Å². The van der Waals surface area contributed by atoms with Crippen molar-refractivity contribution in [3.8, 4) is 0 Å². The standard InChI is InChI=1S/C20H22F2N2O/c1-13(24(2)12-16-6-8-17(21)11-19(16)22)20(25)23-18-9-7-14-4-3-5-15(14)10-18/h6-11,13H,3-5,12H2,1-2H3,(H,23,25). The molecule has 25 heavy (non-hydrogen) atoms. The molecule has 0 spiro atoms. The highest BCUT2D eigenvalue weighted by Crippen LogP contribution is 2.25. The van der Waals surface area contributed by atoms with Crippen molar-refractivity contribution < 1.29 is 13.6 Å². The van der Waals surface area contributed by atoms with Gasteiger partial charge in [0.25, 0.3) is 0 Å². The fourth-order valence-corrected chi connectivity index (χ4v) is 3.15. The molecule has 0 fully saturated rings. The van der Waals surface area contributed by atoms with Gasteiger partial charge in [-0.1, -0.05) is 12.1 Å². The number of anilines is 1. The molecule has 0 saturated carbocycles. The monoisotopic (exact) mass is 344 g/mol. The van der Waals surface area contributed by atoms with E-state index in [9.17, 15) is 13.6 Å². The third-order valence-corrected chi connectivity index (χ3v) is 4.84. The number of nitrogens with one attached hydrogen (secondary N) is 1. The van der Waals surface area contributed by atoms with Crippen LogP contribution in [-0.2, 0) is 24.2 Å². The van der Waals surface area contributed by atoms with Gasteiger partial charge < -0.3 is 5.32 Å². The Morgan fingerprint density at radius 2 is 1.92 bits per heavy atom. The summed E-state index contributed by atoms with van der Waals surface area (Å²) in [5.41, 5.74) is 3.81. The molecular weight excluding hydrogens is 322 g/mol. The normalized spacial score (nSPS) is 14.4. The average molecular weight is 344 g/mol. The minimum Gasteiger partial charge on any atom is -0.325 e. The van der Waals surface area contributed by atoms with Crippen LogP contribution in [-0.4, -0.2) is 23.9 Å². The van der Waals surface area contributed by atoms with E-state index >= 15 is 0 Å². The zero-order valence-corrected chi connectivity index (χ0v) is 14.5. The van der Waals surface area contributed by atoms with Gasteiger partial charge in [-0.2, -0.15) is 0 Å². The van der Waals surface area contributed by atoms with Crippen molar-refractivity contribution in [3.05, 3.63) is 64.7 Å². The Hall–Kier alpha value is -2.27. The molecule has 1 amide bonds. The number of benzene rings is 2. The topological polar surface area (TPSA) is 32.3 Å². The molecule has 1 N–H and O–H groups in total. The number of aryl methyl sites for hydroxylation is 2. The van der Waals surface area contributed by atoms with Gasteiger partial charge in [-0.05, 0) is 62.6 Å². The zero-order valence-electron chi connectivity index (χ0n) is 14.5. The first kappa shape index (κ1) is 17.5. The Morgan fingerprint density at radius 1 is 1.16 bits per heavy atom. The Morgan fingerprint density at radius 3 is 2.68 bits per heavy atom. The Balaban J connectivity index is 1.63. The van der Waals surface area contributed by atoms with E-state index in [1.165, 1.54) is 23.3 Å². The maximum Gasteiger partial charge on any atom is 0.241 e. The lowest BCUT2D eigenvalue weighted by atomic mass is 10.1. The summed E-state index contributed by atoms with van der Waals surface area (Å²) in [6, 6.07) is 9.07. The average Bonchev–Trinajstić information content (AvgIpc) is 3.04. The number of carbonyl (C=O) groups is 1. The van der Waals surface area contributed by atoms with Crippen LogP contribution in [0, 0.1) is 11.6 Å². The number of likely N-dealkylation sites (N-methyl/N-ethyl adjacent to an activating group) is 1. The molecule has 1 aliphatic carbocycles. The third kappa shape index (κ3) is 4.04. The Labute approximate surface area is 146 Å². The van der Waals surface area contributed by atoms with Gasteiger partial charge in [-0.25, -0.2) is 8.78 Å². The van der Waals surface area contributed by atoms with E-state index in [1.54, 1.807) is 18.9 Å². The lowest BCUT2D eigenvalue weighted by Gasteiger charge is -2.24. The number of hydrogen-bond donors (Lipinski definition) is 1. The van der Waals surface area contributed by atoms with Crippen LogP contribution >= 0.6 is 0 Å². The van der Waals surface area contributed by atoms with Gasteiger partial charge in [0.1, 0.15) is 11.6 Å². The van der Waals surface area contributed by atoms with Crippen LogP contribution in [0.15, 0.2) is 36.4 Å². The summed E-state index contributed by atoms with van der Waals surface area (Å²) in [6.45, 7) is 2.00. The number of fused-ring (bicyclic) bond motifs is 1. The summed E-state index contributed by atoms with van der Waals surface area (Å²) in [4.78, 5) is 14.2. The molecule has 0 aromatic heterocycles. The van der Waals surface area contributed by atoms with E-state index < -0.39 is 17.7 Å². The molecule has 3 nitrogen and oxygen atoms in total. The first-order valence-corrected chi connectivity index (χ1v) is 8.51. The van der Waals surface area contributed by atoms with Gasteiger partial charge in [0.2, 0.25) is 5.91 Å². The molecule has 1 aliphatic rings. The predicted molar refractivity (Wildman–Crippen MR) is 94.4 cm³/mol. The van der Waals surface area contributed by atoms with Crippen molar-refractivity contribution >= 4 is 11.6 Å². The summed E-state index contributed by atoms with van der Waals surface area (Å²) in [7, 11) is 1.75. The molecule has 2 aromatic rings. The lowest BCUT2D eigenvalue weighted by Crippen LogP contribution is -2.39. The van der Waals surface area contributed by atoms with Crippen LogP contribution in [0.5, 0.6) is 0 Å². The first-order valence-electron chi connectivity index (χ1n) is 8.51. The van der Waals surface area contributed by atoms with Crippen LogP contribution < -0.4 is 5.32 Å². The number of amides is 1. The molecule has 5 heteroatoms. The molecule has 1 atom stereocenters. The van der Waals surface area contributed by atoms with Gasteiger partial charge in [0.05, 0.1) is 6.04 Å². The molecule has 0 heterocycles. The van der Waals surface area contributed by atoms with Gasteiger partial charge in [0, 0.05) is 23.9 Å². The van der Waals surface area contributed by atoms with Crippen LogP contribution in [0.4, 0.5) is 14.5 Å². The molecule has 2 aromatic carbocycles. The first-order chi connectivity index (χ1) is 11.9. The fourth-order valence-electron chi connectivity index (χ4n) is 3.15. The van der Waals surface area contributed by atoms with E-state index in [4.69, 9.17) is 0 Å². The van der Waals surface area contributed by atoms with Crippen LogP contribution in [0.2, 0.25) is 0 Å². The van der Waals surface area contributed by atoms with Crippen molar-refractivity contribution in [2.75, 3.05) is 12.4 Å². The zero-order chi connectivity index (χ0) is 18.0. The molecule has 0 radical (unpaired) electrons. The van der Waals surface area contributed by atoms with Crippen molar-refractivity contribution in [2.24, 2.45) is 0 Å². The van der Waals surface area contributed by atoms with Gasteiger partial charge in [0.15, 0.2) is 0 Å². The molecule has 0 saturated heterocycles. The second-order valence-corrected chi connectivity index (χ2v) is 6.65. The lowest BCUT2D eigenvalue weighted by molar-refractivity contribution is -0.120. The molecule has 0 bridgehead atoms. The molecule has 3 rings (SSSR count). The van der Waals surface area contributed by atoms with E-state index in [-0.39, 0.29) is 12.5 Å². The summed E-state index contributed by atoms with van der Waals surface area (Å²) in [6.07, 6.45) is 3.32. The fraction of sp³-hybridized carbons (Fsp3) is 0.350. The Bertz CT molecular complexity index is 791. The minimum atomic E-state index is -0.605. The van der Waals surface area contributed by atoms with Crippen LogP contribution in [0.1, 0.15) is 30.0 Å². The quantitative estimate of drug-likeness (QED) is 0.892. The number of halogens is 2. The SMILES string of the molecule is CC(C(=O)Nc1ccc2c(c1)CCC2)N(C)Cc1ccc(F)cc1F. The van der Waals surface area contributed by atoms with E-state index in [0.717, 1.165) is 31.0 Å². The third-order valence-electron chi connectivity index (χ3n) is 4.84. The van der Waals surface area contributed by atoms with Crippen LogP contribution in [0.25, 0.3) is 0 Å². The second-order valence-electron chi connectivity index (χ2n) is 6.65. The van der Waals surface area contributed by atoms with Crippen molar-refractivity contribution in [1.82, 2.24) is 4.90 Å². The minimum absolute atomic E-state index is 0.150. The van der Waals surface area contributed by atoms with Crippen molar-refractivity contribution in [1.29, 1.82) is 0 Å². The molecule has 1 unspecified atom stereocenters. The Kier molecular flexibility index (Phi) is 5.13. The smallest absolute Gasteiger partial charge is 0.241 e. The number of carbonyl (C=O) groups excluding carboxylic acids is 1. The number of rotatable bonds is 5. The van der Waals surface area contributed by atoms with Gasteiger partial charge >= 0.3 is 0 Å². The molecular formula is C20H22F2N2O. The highest BCUT2D eigenvalue weighted by atomic mass is 19.1. The van der Waals surface area contributed by atoms with E-state index in [2.05, 4.69) is 11.4 Å². The summed E-state index contributed by atoms with van der Waals surface area (Å²) >= 11 is 0. The summed E-state index contributed by atoms with van der Waals surface area (Å²) in [5.74, 6) is -1.35. The van der Waals surface area contributed by atoms with Crippen molar-refractivity contribution in [2.45, 2.75) is 38.8 Å².